The highest BCUT2D eigenvalue weighted by atomic mass is 16.5. The molecule has 1 aliphatic carbocycles. The first-order chi connectivity index (χ1) is 16.4. The predicted molar refractivity (Wildman–Crippen MR) is 135 cm³/mol. The molecular weight excluding hydrogens is 424 g/mol. The molecule has 0 spiro atoms. The van der Waals surface area contributed by atoms with Crippen LogP contribution in [0.15, 0.2) is 24.5 Å². The fraction of sp³-hybridized carbons (Fsp3) is 0.593. The lowest BCUT2D eigenvalue weighted by atomic mass is 9.82. The second kappa shape index (κ2) is 8.31. The Balaban J connectivity index is 1.21. The Morgan fingerprint density at radius 3 is 2.59 bits per heavy atom. The molecule has 2 aromatic heterocycles. The fourth-order valence-electron chi connectivity index (χ4n) is 5.93. The number of benzene rings is 1. The molecule has 34 heavy (non-hydrogen) atoms. The largest absolute Gasteiger partial charge is 0.379 e. The number of ether oxygens (including phenoxy) is 1. The molecule has 3 fully saturated rings. The summed E-state index contributed by atoms with van der Waals surface area (Å²) in [4.78, 5) is 12.2. The Kier molecular flexibility index (Phi) is 5.37. The zero-order valence-electron chi connectivity index (χ0n) is 20.8. The van der Waals surface area contributed by atoms with Gasteiger partial charge in [-0.15, -0.1) is 0 Å². The number of aromatic nitrogens is 4. The molecule has 0 unspecified atom stereocenters. The van der Waals surface area contributed by atoms with E-state index in [1.165, 1.54) is 36.8 Å². The first-order valence-corrected chi connectivity index (χ1v) is 12.8. The van der Waals surface area contributed by atoms with E-state index < -0.39 is 0 Å². The molecule has 1 saturated carbocycles. The van der Waals surface area contributed by atoms with Gasteiger partial charge in [-0.3, -0.25) is 9.58 Å². The van der Waals surface area contributed by atoms with Gasteiger partial charge in [0.25, 0.3) is 0 Å². The Labute approximate surface area is 201 Å². The fourth-order valence-corrected chi connectivity index (χ4v) is 5.93. The SMILES string of the molecule is Cc1cc2cnc(Nc3cnn(C4CC4)c3C)nc2cc1C1CCN([C@@]2(C)COC[C@H]2C)CC1. The number of hydrogen-bond donors (Lipinski definition) is 1. The molecule has 6 rings (SSSR count). The highest BCUT2D eigenvalue weighted by molar-refractivity contribution is 5.81. The summed E-state index contributed by atoms with van der Waals surface area (Å²) in [5, 5.41) is 9.05. The summed E-state index contributed by atoms with van der Waals surface area (Å²) in [7, 11) is 0. The zero-order chi connectivity index (χ0) is 23.4. The summed E-state index contributed by atoms with van der Waals surface area (Å²) < 4.78 is 7.94. The van der Waals surface area contributed by atoms with E-state index in [1.807, 2.05) is 12.4 Å². The number of nitrogens with zero attached hydrogens (tertiary/aromatic N) is 5. The van der Waals surface area contributed by atoms with Gasteiger partial charge in [0.2, 0.25) is 5.95 Å². The average molecular weight is 461 g/mol. The van der Waals surface area contributed by atoms with E-state index in [2.05, 4.69) is 64.8 Å². The third-order valence-electron chi connectivity index (χ3n) is 8.63. The summed E-state index contributed by atoms with van der Waals surface area (Å²) in [5.74, 6) is 1.81. The van der Waals surface area contributed by atoms with Crippen molar-refractivity contribution in [3.63, 3.8) is 0 Å². The van der Waals surface area contributed by atoms with Gasteiger partial charge < -0.3 is 10.1 Å². The summed E-state index contributed by atoms with van der Waals surface area (Å²) >= 11 is 0. The minimum Gasteiger partial charge on any atom is -0.379 e. The highest BCUT2D eigenvalue weighted by Gasteiger charge is 2.43. The summed E-state index contributed by atoms with van der Waals surface area (Å²) in [6.45, 7) is 13.1. The first kappa shape index (κ1) is 22.0. The molecule has 180 valence electrons. The number of rotatable bonds is 5. The molecule has 3 aliphatic rings. The molecular formula is C27H36N6O. The number of fused-ring (bicyclic) bond motifs is 1. The number of anilines is 2. The minimum absolute atomic E-state index is 0.183. The van der Waals surface area contributed by atoms with Gasteiger partial charge >= 0.3 is 0 Å². The van der Waals surface area contributed by atoms with E-state index in [4.69, 9.17) is 9.72 Å². The molecule has 0 bridgehead atoms. The molecule has 4 heterocycles. The van der Waals surface area contributed by atoms with Crippen LogP contribution in [0.25, 0.3) is 10.9 Å². The second-order valence-electron chi connectivity index (χ2n) is 10.9. The van der Waals surface area contributed by atoms with Gasteiger partial charge in [0.15, 0.2) is 0 Å². The number of hydrogen-bond acceptors (Lipinski definition) is 6. The monoisotopic (exact) mass is 460 g/mol. The normalized spacial score (nSPS) is 26.4. The van der Waals surface area contributed by atoms with Gasteiger partial charge in [-0.05, 0) is 94.6 Å². The summed E-state index contributed by atoms with van der Waals surface area (Å²) in [6, 6.07) is 5.13. The standard InChI is InChI=1S/C27H36N6O/c1-17-11-21-13-28-26(31-25-14-29-33(19(25)3)22-5-6-22)30-24(21)12-23(17)20-7-9-32(10-8-20)27(4)16-34-15-18(27)2/h11-14,18,20,22H,5-10,15-16H2,1-4H3,(H,28,30,31)/t18-,27+/m1/s1. The van der Waals surface area contributed by atoms with Gasteiger partial charge in [-0.1, -0.05) is 6.92 Å². The van der Waals surface area contributed by atoms with E-state index >= 15 is 0 Å². The van der Waals surface area contributed by atoms with Crippen molar-refractivity contribution in [3.05, 3.63) is 41.3 Å². The Morgan fingerprint density at radius 1 is 1.09 bits per heavy atom. The average Bonchev–Trinajstić information content (AvgIpc) is 3.54. The molecule has 1 aromatic carbocycles. The van der Waals surface area contributed by atoms with Gasteiger partial charge in [-0.2, -0.15) is 5.10 Å². The summed E-state index contributed by atoms with van der Waals surface area (Å²) in [6.07, 6.45) is 8.65. The van der Waals surface area contributed by atoms with Crippen LogP contribution in [0.4, 0.5) is 11.6 Å². The molecule has 3 aromatic rings. The van der Waals surface area contributed by atoms with Crippen molar-refractivity contribution in [3.8, 4) is 0 Å². The molecule has 2 aliphatic heterocycles. The molecule has 0 radical (unpaired) electrons. The van der Waals surface area contributed by atoms with Crippen molar-refractivity contribution in [2.75, 3.05) is 31.6 Å². The van der Waals surface area contributed by atoms with E-state index in [0.717, 1.165) is 48.6 Å². The number of nitrogens with one attached hydrogen (secondary N) is 1. The van der Waals surface area contributed by atoms with E-state index in [0.29, 0.717) is 23.8 Å². The number of likely N-dealkylation sites (tertiary alicyclic amines) is 1. The summed E-state index contributed by atoms with van der Waals surface area (Å²) in [5.41, 5.74) is 6.12. The first-order valence-electron chi connectivity index (χ1n) is 12.8. The maximum atomic E-state index is 5.81. The maximum Gasteiger partial charge on any atom is 0.227 e. The van der Waals surface area contributed by atoms with Crippen molar-refractivity contribution in [1.29, 1.82) is 0 Å². The van der Waals surface area contributed by atoms with Crippen LogP contribution in [-0.2, 0) is 4.74 Å². The molecule has 0 amide bonds. The Morgan fingerprint density at radius 2 is 1.88 bits per heavy atom. The van der Waals surface area contributed by atoms with Crippen LogP contribution in [0.5, 0.6) is 0 Å². The highest BCUT2D eigenvalue weighted by Crippen LogP contribution is 2.39. The third kappa shape index (κ3) is 3.79. The zero-order valence-corrected chi connectivity index (χ0v) is 20.8. The van der Waals surface area contributed by atoms with Gasteiger partial charge in [0.1, 0.15) is 0 Å². The van der Waals surface area contributed by atoms with Gasteiger partial charge in [0.05, 0.1) is 42.4 Å². The van der Waals surface area contributed by atoms with Crippen LogP contribution >= 0.6 is 0 Å². The van der Waals surface area contributed by atoms with Crippen molar-refractivity contribution in [2.24, 2.45) is 5.92 Å². The van der Waals surface area contributed by atoms with E-state index in [1.54, 1.807) is 0 Å². The number of aryl methyl sites for hydroxylation is 1. The Bertz CT molecular complexity index is 1210. The quantitative estimate of drug-likeness (QED) is 0.570. The third-order valence-corrected chi connectivity index (χ3v) is 8.63. The van der Waals surface area contributed by atoms with Crippen molar-refractivity contribution >= 4 is 22.5 Å². The molecule has 7 heteroatoms. The van der Waals surface area contributed by atoms with Crippen LogP contribution in [0.3, 0.4) is 0 Å². The van der Waals surface area contributed by atoms with Crippen LogP contribution in [-0.4, -0.2) is 56.5 Å². The van der Waals surface area contributed by atoms with Crippen molar-refractivity contribution in [2.45, 2.75) is 70.9 Å². The van der Waals surface area contributed by atoms with Crippen molar-refractivity contribution < 1.29 is 4.74 Å². The van der Waals surface area contributed by atoms with Crippen LogP contribution < -0.4 is 5.32 Å². The van der Waals surface area contributed by atoms with Crippen LogP contribution in [0, 0.1) is 19.8 Å². The minimum atomic E-state index is 0.183. The number of piperidine rings is 1. The topological polar surface area (TPSA) is 68.1 Å². The maximum absolute atomic E-state index is 5.81. The van der Waals surface area contributed by atoms with Gasteiger partial charge in [-0.25, -0.2) is 9.97 Å². The van der Waals surface area contributed by atoms with Gasteiger partial charge in [0, 0.05) is 17.1 Å². The van der Waals surface area contributed by atoms with Crippen LogP contribution in [0.1, 0.15) is 68.3 Å². The smallest absolute Gasteiger partial charge is 0.227 e. The van der Waals surface area contributed by atoms with Crippen molar-refractivity contribution in [1.82, 2.24) is 24.6 Å². The van der Waals surface area contributed by atoms with E-state index in [-0.39, 0.29) is 5.54 Å². The molecule has 7 nitrogen and oxygen atoms in total. The lowest BCUT2D eigenvalue weighted by Crippen LogP contribution is -2.53. The molecule has 1 N–H and O–H groups in total. The lowest BCUT2D eigenvalue weighted by molar-refractivity contribution is 0.0434. The van der Waals surface area contributed by atoms with E-state index in [9.17, 15) is 0 Å². The lowest BCUT2D eigenvalue weighted by Gasteiger charge is -2.44. The second-order valence-corrected chi connectivity index (χ2v) is 10.9. The molecule has 2 atom stereocenters. The Hall–Kier alpha value is -2.51. The molecule has 2 saturated heterocycles. The van der Waals surface area contributed by atoms with Crippen LogP contribution in [0.2, 0.25) is 0 Å². The predicted octanol–water partition coefficient (Wildman–Crippen LogP) is 5.13.